The maximum absolute atomic E-state index is 12.1. The predicted octanol–water partition coefficient (Wildman–Crippen LogP) is 5.78. The zero-order valence-electron chi connectivity index (χ0n) is 22.7. The van der Waals surface area contributed by atoms with Crippen LogP contribution in [-0.2, 0) is 10.3 Å². The van der Waals surface area contributed by atoms with Gasteiger partial charge in [-0.25, -0.2) is 9.78 Å². The van der Waals surface area contributed by atoms with Gasteiger partial charge in [-0.2, -0.15) is 0 Å². The van der Waals surface area contributed by atoms with E-state index in [1.165, 1.54) is 7.11 Å². The van der Waals surface area contributed by atoms with Crippen LogP contribution >= 0.6 is 0 Å². The average Bonchev–Trinajstić information content (AvgIpc) is 3.56. The number of pyridine rings is 3. The van der Waals surface area contributed by atoms with Gasteiger partial charge in [0.1, 0.15) is 5.76 Å². The Morgan fingerprint density at radius 3 is 2.45 bits per heavy atom. The first kappa shape index (κ1) is 25.2. The molecule has 0 spiro atoms. The van der Waals surface area contributed by atoms with Crippen molar-refractivity contribution >= 4 is 17.0 Å². The number of hydrogen-bond acceptors (Lipinski definition) is 6. The minimum Gasteiger partial charge on any atom is -0.465 e. The Labute approximate surface area is 231 Å². The predicted molar refractivity (Wildman–Crippen MR) is 151 cm³/mol. The van der Waals surface area contributed by atoms with Crippen molar-refractivity contribution in [1.29, 1.82) is 0 Å². The van der Waals surface area contributed by atoms with E-state index >= 15 is 0 Å². The molecule has 8 nitrogen and oxygen atoms in total. The molecule has 0 amide bonds. The molecule has 0 fully saturated rings. The first-order valence-electron chi connectivity index (χ1n) is 12.9. The van der Waals surface area contributed by atoms with Crippen LogP contribution in [0.4, 0.5) is 0 Å². The summed E-state index contributed by atoms with van der Waals surface area (Å²) in [5.74, 6) is 0.359. The van der Waals surface area contributed by atoms with Gasteiger partial charge in [0.05, 0.1) is 35.1 Å². The summed E-state index contributed by atoms with van der Waals surface area (Å²) in [6.45, 7) is 5.98. The fourth-order valence-corrected chi connectivity index (χ4v) is 5.36. The second-order valence-corrected chi connectivity index (χ2v) is 9.84. The molecule has 6 aromatic rings. The summed E-state index contributed by atoms with van der Waals surface area (Å²) in [6, 6.07) is 21.5. The molecule has 1 aromatic carbocycles. The zero-order valence-corrected chi connectivity index (χ0v) is 22.7. The molecule has 1 atom stereocenters. The third-order valence-corrected chi connectivity index (χ3v) is 7.46. The van der Waals surface area contributed by atoms with E-state index in [0.717, 1.165) is 56.1 Å². The molecule has 5 aromatic heterocycles. The zero-order chi connectivity index (χ0) is 27.9. The van der Waals surface area contributed by atoms with Crippen molar-refractivity contribution in [2.45, 2.75) is 26.3 Å². The van der Waals surface area contributed by atoms with Crippen LogP contribution in [0.25, 0.3) is 33.3 Å². The number of methoxy groups -OCH3 is 1. The van der Waals surface area contributed by atoms with Crippen LogP contribution in [0.3, 0.4) is 0 Å². The van der Waals surface area contributed by atoms with E-state index in [4.69, 9.17) is 19.2 Å². The maximum atomic E-state index is 12.1. The molecule has 0 aliphatic heterocycles. The number of nitrogens with zero attached hydrogens (tertiary/aromatic N) is 4. The van der Waals surface area contributed by atoms with Gasteiger partial charge < -0.3 is 13.8 Å². The van der Waals surface area contributed by atoms with E-state index < -0.39 is 5.54 Å². The normalized spacial score (nSPS) is 12.8. The van der Waals surface area contributed by atoms with Crippen LogP contribution in [-0.4, -0.2) is 32.8 Å². The van der Waals surface area contributed by atoms with Gasteiger partial charge in [0.15, 0.2) is 11.7 Å². The molecule has 0 saturated carbocycles. The van der Waals surface area contributed by atoms with Crippen LogP contribution in [0, 0.1) is 13.8 Å². The van der Waals surface area contributed by atoms with Crippen molar-refractivity contribution in [3.63, 3.8) is 0 Å². The third kappa shape index (κ3) is 4.05. The van der Waals surface area contributed by atoms with Gasteiger partial charge in [-0.05, 0) is 56.7 Å². The number of rotatable bonds is 6. The first-order valence-corrected chi connectivity index (χ1v) is 12.9. The van der Waals surface area contributed by atoms with E-state index in [-0.39, 0.29) is 5.97 Å². The summed E-state index contributed by atoms with van der Waals surface area (Å²) in [7, 11) is 1.38. The highest BCUT2D eigenvalue weighted by Crippen LogP contribution is 2.40. The Balaban J connectivity index is 1.66. The molecule has 40 heavy (non-hydrogen) atoms. The lowest BCUT2D eigenvalue weighted by molar-refractivity contribution is -0.397. The van der Waals surface area contributed by atoms with Gasteiger partial charge in [0.2, 0.25) is 5.69 Å². The second-order valence-electron chi connectivity index (χ2n) is 9.84. The molecule has 0 saturated heterocycles. The molecule has 0 aliphatic rings. The van der Waals surface area contributed by atoms with Crippen molar-refractivity contribution in [3.8, 4) is 22.3 Å². The third-order valence-electron chi connectivity index (χ3n) is 7.46. The molecule has 6 rings (SSSR count). The standard InChI is InChI=1S/C32H27N5O3/c1-20-29(21(2)40-36-20)24-17-26-30(35-18-24)25(22-11-13-23(14-12-22)31(38)39-4)19-37(26)32(3,27-9-5-7-15-33-27)28-10-6-8-16-34-28/h5-19H,1-4H3/p+1. The molecule has 8 heteroatoms. The molecular formula is C32H28N5O3+. The Bertz CT molecular complexity index is 1770. The topological polar surface area (TPSA) is 97.2 Å². The minimum absolute atomic E-state index is 0.376. The van der Waals surface area contributed by atoms with E-state index in [2.05, 4.69) is 40.0 Å². The molecule has 1 unspecified atom stereocenters. The van der Waals surface area contributed by atoms with Crippen molar-refractivity contribution in [2.75, 3.05) is 7.11 Å². The van der Waals surface area contributed by atoms with E-state index in [1.807, 2.05) is 74.9 Å². The number of aromatic amines is 1. The lowest BCUT2D eigenvalue weighted by Crippen LogP contribution is -2.38. The number of H-pyrrole nitrogens is 1. The largest absolute Gasteiger partial charge is 0.465 e. The number of esters is 1. The van der Waals surface area contributed by atoms with Crippen molar-refractivity contribution in [3.05, 3.63) is 120 Å². The van der Waals surface area contributed by atoms with Crippen LogP contribution in [0.5, 0.6) is 0 Å². The van der Waals surface area contributed by atoms with Gasteiger partial charge in [0, 0.05) is 47.4 Å². The Morgan fingerprint density at radius 1 is 1.00 bits per heavy atom. The summed E-state index contributed by atoms with van der Waals surface area (Å²) in [5.41, 5.74) is 7.82. The molecule has 1 N–H and O–H groups in total. The van der Waals surface area contributed by atoms with E-state index in [0.29, 0.717) is 5.56 Å². The Kier molecular flexibility index (Phi) is 6.23. The molecule has 5 heterocycles. The van der Waals surface area contributed by atoms with Crippen molar-refractivity contribution in [2.24, 2.45) is 0 Å². The summed E-state index contributed by atoms with van der Waals surface area (Å²) < 4.78 is 12.6. The highest BCUT2D eigenvalue weighted by atomic mass is 16.5. The smallest absolute Gasteiger partial charge is 0.337 e. The lowest BCUT2D eigenvalue weighted by atomic mass is 9.91. The van der Waals surface area contributed by atoms with Crippen LogP contribution in [0.2, 0.25) is 0 Å². The SMILES string of the molecule is COC(=O)c1ccc(-c2cn(C(C)(c3ccccn3)c3cccc[nH+]3)c3cc(-c4c(C)noc4C)cnc23)cc1. The highest BCUT2D eigenvalue weighted by Gasteiger charge is 2.39. The lowest BCUT2D eigenvalue weighted by Gasteiger charge is -2.28. The number of aromatic nitrogens is 5. The summed E-state index contributed by atoms with van der Waals surface area (Å²) >= 11 is 0. The van der Waals surface area contributed by atoms with Crippen molar-refractivity contribution < 1.29 is 19.0 Å². The van der Waals surface area contributed by atoms with Gasteiger partial charge >= 0.3 is 5.97 Å². The van der Waals surface area contributed by atoms with Gasteiger partial charge in [0.25, 0.3) is 0 Å². The quantitative estimate of drug-likeness (QED) is 0.253. The van der Waals surface area contributed by atoms with Gasteiger partial charge in [-0.3, -0.25) is 9.97 Å². The number of hydrogen-bond donors (Lipinski definition) is 0. The number of carbonyl (C=O) groups excluding carboxylic acids is 1. The average molecular weight is 531 g/mol. The highest BCUT2D eigenvalue weighted by molar-refractivity contribution is 5.96. The Morgan fingerprint density at radius 2 is 1.80 bits per heavy atom. The molecule has 0 bridgehead atoms. The van der Waals surface area contributed by atoms with E-state index in [1.54, 1.807) is 12.1 Å². The Hall–Kier alpha value is -5.11. The summed E-state index contributed by atoms with van der Waals surface area (Å²) in [5, 5.41) is 4.16. The second kappa shape index (κ2) is 9.89. The molecule has 0 radical (unpaired) electrons. The summed E-state index contributed by atoms with van der Waals surface area (Å²) in [4.78, 5) is 25.3. The molecule has 198 valence electrons. The van der Waals surface area contributed by atoms with Crippen LogP contribution in [0.1, 0.15) is 40.1 Å². The van der Waals surface area contributed by atoms with Gasteiger partial charge in [-0.1, -0.05) is 29.4 Å². The number of ether oxygens (including phenoxy) is 1. The number of carbonyl (C=O) groups is 1. The fourth-order valence-electron chi connectivity index (χ4n) is 5.36. The van der Waals surface area contributed by atoms with Crippen molar-refractivity contribution in [1.82, 2.24) is 19.7 Å². The number of aryl methyl sites for hydroxylation is 2. The summed E-state index contributed by atoms with van der Waals surface area (Å²) in [6.07, 6.45) is 7.69. The van der Waals surface area contributed by atoms with E-state index in [9.17, 15) is 4.79 Å². The van der Waals surface area contributed by atoms with Crippen LogP contribution in [0.15, 0.2) is 96.0 Å². The number of benzene rings is 1. The molecule has 0 aliphatic carbocycles. The fraction of sp³-hybridized carbons (Fsp3) is 0.156. The maximum Gasteiger partial charge on any atom is 0.337 e. The number of fused-ring (bicyclic) bond motifs is 1. The number of nitrogens with one attached hydrogen (secondary N) is 1. The molecular weight excluding hydrogens is 502 g/mol. The monoisotopic (exact) mass is 530 g/mol. The van der Waals surface area contributed by atoms with Crippen LogP contribution < -0.4 is 4.98 Å². The minimum atomic E-state index is -0.718. The first-order chi connectivity index (χ1) is 19.4. The van der Waals surface area contributed by atoms with Gasteiger partial charge in [-0.15, -0.1) is 0 Å².